The summed E-state index contributed by atoms with van der Waals surface area (Å²) in [6, 6.07) is 0.114. The highest BCUT2D eigenvalue weighted by Gasteiger charge is 2.22. The molecule has 96 valence electrons. The predicted molar refractivity (Wildman–Crippen MR) is 71.1 cm³/mol. The molecule has 1 unspecified atom stereocenters. The Morgan fingerprint density at radius 1 is 1.06 bits per heavy atom. The molecule has 1 N–H and O–H groups in total. The molecule has 2 aliphatic rings. The van der Waals surface area contributed by atoms with Gasteiger partial charge in [0.15, 0.2) is 5.78 Å². The van der Waals surface area contributed by atoms with E-state index in [2.05, 4.69) is 11.4 Å². The van der Waals surface area contributed by atoms with E-state index in [4.69, 9.17) is 0 Å². The van der Waals surface area contributed by atoms with E-state index in [1.165, 1.54) is 44.9 Å². The number of rotatable bonds is 2. The van der Waals surface area contributed by atoms with Gasteiger partial charge in [-0.15, -0.1) is 0 Å². The Balaban J connectivity index is 1.96. The van der Waals surface area contributed by atoms with Crippen LogP contribution in [-0.2, 0) is 4.79 Å². The lowest BCUT2D eigenvalue weighted by molar-refractivity contribution is -0.117. The van der Waals surface area contributed by atoms with Gasteiger partial charge in [0.1, 0.15) is 0 Å². The van der Waals surface area contributed by atoms with E-state index in [1.807, 2.05) is 0 Å². The van der Waals surface area contributed by atoms with E-state index in [9.17, 15) is 4.79 Å². The number of carbonyl (C=O) groups is 1. The first-order valence-corrected chi connectivity index (χ1v) is 7.34. The molecule has 1 heterocycles. The van der Waals surface area contributed by atoms with Crippen molar-refractivity contribution in [2.45, 2.75) is 70.3 Å². The quantitative estimate of drug-likeness (QED) is 0.795. The molecule has 1 saturated heterocycles. The summed E-state index contributed by atoms with van der Waals surface area (Å²) < 4.78 is 0. The van der Waals surface area contributed by atoms with E-state index in [0.29, 0.717) is 5.78 Å². The third-order valence-corrected chi connectivity index (χ3v) is 3.98. The summed E-state index contributed by atoms with van der Waals surface area (Å²) in [5.41, 5.74) is 1.11. The Hall–Kier alpha value is -0.630. The zero-order valence-corrected chi connectivity index (χ0v) is 10.8. The van der Waals surface area contributed by atoms with Crippen molar-refractivity contribution < 1.29 is 4.79 Å². The molecule has 2 nitrogen and oxygen atoms in total. The summed E-state index contributed by atoms with van der Waals surface area (Å²) in [7, 11) is 0. The first kappa shape index (κ1) is 12.8. The molecule has 0 saturated carbocycles. The summed E-state index contributed by atoms with van der Waals surface area (Å²) in [6.45, 7) is 1.02. The van der Waals surface area contributed by atoms with E-state index < -0.39 is 0 Å². The fraction of sp³-hybridized carbons (Fsp3) is 0.800. The molecule has 0 radical (unpaired) electrons. The van der Waals surface area contributed by atoms with Gasteiger partial charge in [0.2, 0.25) is 0 Å². The van der Waals surface area contributed by atoms with Crippen LogP contribution in [0.4, 0.5) is 0 Å². The summed E-state index contributed by atoms with van der Waals surface area (Å²) >= 11 is 0. The number of Topliss-reactive ketones (excluding diaryl/α,β-unsaturated/α-hetero) is 1. The average Bonchev–Trinajstić information content (AvgIpc) is 2.56. The second kappa shape index (κ2) is 6.95. The summed E-state index contributed by atoms with van der Waals surface area (Å²) in [6.07, 6.45) is 14.2. The van der Waals surface area contributed by atoms with Crippen molar-refractivity contribution in [3.8, 4) is 0 Å². The second-order valence-electron chi connectivity index (χ2n) is 5.40. The van der Waals surface area contributed by atoms with Gasteiger partial charge in [0.05, 0.1) is 6.04 Å². The fourth-order valence-electron chi connectivity index (χ4n) is 2.89. The lowest BCUT2D eigenvalue weighted by Crippen LogP contribution is -2.37. The van der Waals surface area contributed by atoms with Gasteiger partial charge in [0.25, 0.3) is 0 Å². The van der Waals surface area contributed by atoms with Gasteiger partial charge >= 0.3 is 0 Å². The third-order valence-electron chi connectivity index (χ3n) is 3.98. The molecule has 17 heavy (non-hydrogen) atoms. The van der Waals surface area contributed by atoms with Gasteiger partial charge in [-0.2, -0.15) is 0 Å². The molecule has 0 amide bonds. The van der Waals surface area contributed by atoms with Crippen LogP contribution in [0.3, 0.4) is 0 Å². The highest BCUT2D eigenvalue weighted by molar-refractivity contribution is 5.99. The lowest BCUT2D eigenvalue weighted by Gasteiger charge is -2.18. The van der Waals surface area contributed by atoms with Crippen molar-refractivity contribution in [3.05, 3.63) is 11.6 Å². The third kappa shape index (κ3) is 3.95. The van der Waals surface area contributed by atoms with Crippen LogP contribution in [0.5, 0.6) is 0 Å². The van der Waals surface area contributed by atoms with Crippen molar-refractivity contribution in [2.24, 2.45) is 0 Å². The number of nitrogens with one attached hydrogen (secondary N) is 1. The Morgan fingerprint density at radius 2 is 1.88 bits per heavy atom. The molecular weight excluding hydrogens is 210 g/mol. The first-order chi connectivity index (χ1) is 8.38. The maximum atomic E-state index is 12.4. The molecule has 0 aromatic rings. The molecule has 0 bridgehead atoms. The standard InChI is InChI=1S/C15H25NO/c17-15(14-11-7-4-8-12-16-14)13-9-5-2-1-3-6-10-13/h9,14,16H,1-8,10-12H2. The van der Waals surface area contributed by atoms with Gasteiger partial charge in [-0.25, -0.2) is 0 Å². The van der Waals surface area contributed by atoms with Crippen LogP contribution in [-0.4, -0.2) is 18.4 Å². The molecule has 0 aromatic carbocycles. The van der Waals surface area contributed by atoms with Gasteiger partial charge in [0, 0.05) is 0 Å². The van der Waals surface area contributed by atoms with Crippen LogP contribution in [0, 0.1) is 0 Å². The molecule has 0 spiro atoms. The van der Waals surface area contributed by atoms with Crippen LogP contribution >= 0.6 is 0 Å². The predicted octanol–water partition coefficient (Wildman–Crippen LogP) is 3.37. The number of hydrogen-bond donors (Lipinski definition) is 1. The van der Waals surface area contributed by atoms with Gasteiger partial charge in [-0.1, -0.05) is 31.8 Å². The van der Waals surface area contributed by atoms with Crippen LogP contribution in [0.2, 0.25) is 0 Å². The van der Waals surface area contributed by atoms with Crippen LogP contribution in [0.15, 0.2) is 11.6 Å². The topological polar surface area (TPSA) is 29.1 Å². The molecule has 2 rings (SSSR count). The van der Waals surface area contributed by atoms with E-state index in [-0.39, 0.29) is 6.04 Å². The smallest absolute Gasteiger partial charge is 0.175 e. The molecule has 1 fully saturated rings. The highest BCUT2D eigenvalue weighted by atomic mass is 16.1. The molecule has 0 aromatic heterocycles. The number of carbonyl (C=O) groups excluding carboxylic acids is 1. The van der Waals surface area contributed by atoms with E-state index in [1.54, 1.807) is 0 Å². The van der Waals surface area contributed by atoms with Gasteiger partial charge in [-0.3, -0.25) is 4.79 Å². The number of allylic oxidation sites excluding steroid dienone is 1. The Morgan fingerprint density at radius 3 is 2.82 bits per heavy atom. The molecule has 1 aliphatic heterocycles. The molecule has 1 aliphatic carbocycles. The Bertz CT molecular complexity index is 275. The van der Waals surface area contributed by atoms with Gasteiger partial charge in [-0.05, 0) is 50.6 Å². The summed E-state index contributed by atoms with van der Waals surface area (Å²) in [4.78, 5) is 12.4. The van der Waals surface area contributed by atoms with Crippen LogP contribution < -0.4 is 5.32 Å². The maximum absolute atomic E-state index is 12.4. The molecule has 2 heteroatoms. The van der Waals surface area contributed by atoms with Crippen molar-refractivity contribution in [1.82, 2.24) is 5.32 Å². The fourth-order valence-corrected chi connectivity index (χ4v) is 2.89. The minimum atomic E-state index is 0.114. The van der Waals surface area contributed by atoms with Gasteiger partial charge < -0.3 is 5.32 Å². The Kier molecular flexibility index (Phi) is 5.24. The van der Waals surface area contributed by atoms with Crippen molar-refractivity contribution in [3.63, 3.8) is 0 Å². The van der Waals surface area contributed by atoms with Crippen molar-refractivity contribution in [2.75, 3.05) is 6.54 Å². The number of hydrogen-bond acceptors (Lipinski definition) is 2. The largest absolute Gasteiger partial charge is 0.307 e. The highest BCUT2D eigenvalue weighted by Crippen LogP contribution is 2.20. The summed E-state index contributed by atoms with van der Waals surface area (Å²) in [5.74, 6) is 0.397. The monoisotopic (exact) mass is 235 g/mol. The summed E-state index contributed by atoms with van der Waals surface area (Å²) in [5, 5.41) is 3.42. The molecule has 1 atom stereocenters. The van der Waals surface area contributed by atoms with Crippen LogP contribution in [0.25, 0.3) is 0 Å². The zero-order valence-electron chi connectivity index (χ0n) is 10.8. The molecular formula is C15H25NO. The Labute approximate surface area is 105 Å². The maximum Gasteiger partial charge on any atom is 0.175 e. The minimum absolute atomic E-state index is 0.114. The van der Waals surface area contributed by atoms with Crippen LogP contribution in [0.1, 0.15) is 64.2 Å². The lowest BCUT2D eigenvalue weighted by atomic mass is 9.92. The minimum Gasteiger partial charge on any atom is -0.307 e. The first-order valence-electron chi connectivity index (χ1n) is 7.34. The number of ketones is 1. The average molecular weight is 235 g/mol. The van der Waals surface area contributed by atoms with E-state index in [0.717, 1.165) is 31.4 Å². The normalized spacial score (nSPS) is 27.5. The van der Waals surface area contributed by atoms with Crippen molar-refractivity contribution >= 4 is 5.78 Å². The zero-order chi connectivity index (χ0) is 11.9. The second-order valence-corrected chi connectivity index (χ2v) is 5.40. The van der Waals surface area contributed by atoms with E-state index >= 15 is 0 Å². The van der Waals surface area contributed by atoms with Crippen molar-refractivity contribution in [1.29, 1.82) is 0 Å². The SMILES string of the molecule is O=C(C1=CCCCCCC1)C1CCCCCN1.